The van der Waals surface area contributed by atoms with Gasteiger partial charge in [-0.25, -0.2) is 26.4 Å². The molecule has 2 aromatic carbocycles. The van der Waals surface area contributed by atoms with Gasteiger partial charge in [-0.3, -0.25) is 9.52 Å². The maximum Gasteiger partial charge on any atom is 0.261 e. The Labute approximate surface area is 173 Å². The lowest BCUT2D eigenvalue weighted by molar-refractivity contribution is -0.124. The number of sulfonamides is 2. The van der Waals surface area contributed by atoms with Gasteiger partial charge in [-0.2, -0.15) is 0 Å². The van der Waals surface area contributed by atoms with E-state index in [1.54, 1.807) is 0 Å². The lowest BCUT2D eigenvalue weighted by Gasteiger charge is -2.19. The van der Waals surface area contributed by atoms with Crippen molar-refractivity contribution in [1.29, 1.82) is 0 Å². The van der Waals surface area contributed by atoms with Crippen LogP contribution in [-0.4, -0.2) is 29.4 Å². The van der Waals surface area contributed by atoms with Crippen molar-refractivity contribution in [2.45, 2.75) is 23.6 Å². The number of rotatable bonds is 7. The Morgan fingerprint density at radius 2 is 1.62 bits per heavy atom. The molecule has 29 heavy (non-hydrogen) atoms. The van der Waals surface area contributed by atoms with Crippen LogP contribution in [0.1, 0.15) is 13.8 Å². The lowest BCUT2D eigenvalue weighted by atomic mass is 9.94. The molecular weight excluding hydrogens is 445 g/mol. The van der Waals surface area contributed by atoms with Crippen molar-refractivity contribution >= 4 is 48.9 Å². The summed E-state index contributed by atoms with van der Waals surface area (Å²) >= 11 is 5.76. The van der Waals surface area contributed by atoms with Crippen LogP contribution in [0.15, 0.2) is 52.3 Å². The number of anilines is 2. The summed E-state index contributed by atoms with van der Waals surface area (Å²) in [5.74, 6) is -0.523. The quantitative estimate of drug-likeness (QED) is 0.580. The number of alkyl halides is 1. The minimum atomic E-state index is -4.21. The van der Waals surface area contributed by atoms with E-state index < -0.39 is 42.9 Å². The Morgan fingerprint density at radius 3 is 2.14 bits per heavy atom. The molecule has 0 aliphatic rings. The maximum atomic E-state index is 12.9. The van der Waals surface area contributed by atoms with E-state index in [0.717, 1.165) is 18.2 Å². The van der Waals surface area contributed by atoms with Crippen LogP contribution in [0, 0.1) is 5.41 Å². The van der Waals surface area contributed by atoms with E-state index in [4.69, 9.17) is 16.7 Å². The van der Waals surface area contributed by atoms with Gasteiger partial charge in [0, 0.05) is 11.4 Å². The zero-order valence-corrected chi connectivity index (χ0v) is 17.8. The SMILES string of the molecule is CC(C)(CF)C(=O)Nc1ccc(NS(=O)(=O)c2ccc(Cl)c(S(N)(=O)=O)c2)cc1. The second-order valence-corrected chi connectivity index (χ2v) is 10.4. The number of halogens is 2. The highest BCUT2D eigenvalue weighted by Gasteiger charge is 2.27. The summed E-state index contributed by atoms with van der Waals surface area (Å²) in [5.41, 5.74) is -0.696. The van der Waals surface area contributed by atoms with Crippen molar-refractivity contribution in [3.8, 4) is 0 Å². The summed E-state index contributed by atoms with van der Waals surface area (Å²) in [7, 11) is -8.35. The second kappa shape index (κ2) is 8.27. The highest BCUT2D eigenvalue weighted by Crippen LogP contribution is 2.26. The molecule has 0 aliphatic carbocycles. The molecule has 1 amide bonds. The minimum Gasteiger partial charge on any atom is -0.326 e. The molecule has 2 aromatic rings. The topological polar surface area (TPSA) is 135 Å². The molecule has 0 atom stereocenters. The van der Waals surface area contributed by atoms with Crippen LogP contribution in [-0.2, 0) is 24.8 Å². The predicted octanol–water partition coefficient (Wildman–Crippen LogP) is 2.72. The second-order valence-electron chi connectivity index (χ2n) is 6.79. The number of benzene rings is 2. The number of nitrogens with two attached hydrogens (primary N) is 1. The molecule has 0 spiro atoms. The van der Waals surface area contributed by atoms with Crippen LogP contribution in [0.4, 0.5) is 15.8 Å². The number of hydrogen-bond acceptors (Lipinski definition) is 5. The van der Waals surface area contributed by atoms with Crippen LogP contribution in [0.2, 0.25) is 5.02 Å². The number of amides is 1. The van der Waals surface area contributed by atoms with Gasteiger partial charge in [0.15, 0.2) is 0 Å². The third kappa shape index (κ3) is 5.66. The molecule has 0 fully saturated rings. The summed E-state index contributed by atoms with van der Waals surface area (Å²) in [4.78, 5) is 11.1. The number of nitrogens with one attached hydrogen (secondary N) is 2. The van der Waals surface area contributed by atoms with Gasteiger partial charge < -0.3 is 5.32 Å². The molecular formula is C17H19ClFN3O5S2. The first-order chi connectivity index (χ1) is 13.3. The molecule has 12 heteroatoms. The van der Waals surface area contributed by atoms with Crippen LogP contribution in [0.25, 0.3) is 0 Å². The van der Waals surface area contributed by atoms with Crippen LogP contribution in [0.5, 0.6) is 0 Å². The Hall–Kier alpha value is -2.21. The molecule has 158 valence electrons. The van der Waals surface area contributed by atoms with E-state index in [9.17, 15) is 26.0 Å². The third-order valence-corrected chi connectivity index (χ3v) is 6.63. The summed E-state index contributed by atoms with van der Waals surface area (Å²) in [6.45, 7) is 2.07. The number of carbonyl (C=O) groups is 1. The fourth-order valence-corrected chi connectivity index (χ4v) is 4.30. The summed E-state index contributed by atoms with van der Waals surface area (Å²) in [6.07, 6.45) is 0. The molecule has 8 nitrogen and oxygen atoms in total. The van der Waals surface area contributed by atoms with Gasteiger partial charge in [0.25, 0.3) is 10.0 Å². The molecule has 0 saturated carbocycles. The van der Waals surface area contributed by atoms with Gasteiger partial charge in [0.2, 0.25) is 15.9 Å². The molecule has 0 heterocycles. The van der Waals surface area contributed by atoms with Crippen LogP contribution >= 0.6 is 11.6 Å². The molecule has 0 bridgehead atoms. The van der Waals surface area contributed by atoms with Gasteiger partial charge in [0.1, 0.15) is 11.6 Å². The summed E-state index contributed by atoms with van der Waals surface area (Å²) in [6, 6.07) is 8.73. The van der Waals surface area contributed by atoms with E-state index in [1.807, 2.05) is 0 Å². The lowest BCUT2D eigenvalue weighted by Crippen LogP contribution is -2.32. The van der Waals surface area contributed by atoms with Crippen molar-refractivity contribution in [2.24, 2.45) is 10.6 Å². The molecule has 0 saturated heterocycles. The van der Waals surface area contributed by atoms with E-state index >= 15 is 0 Å². The van der Waals surface area contributed by atoms with Crippen molar-refractivity contribution in [2.75, 3.05) is 16.7 Å². The van der Waals surface area contributed by atoms with E-state index in [0.29, 0.717) is 5.69 Å². The average molecular weight is 464 g/mol. The highest BCUT2D eigenvalue weighted by molar-refractivity contribution is 7.93. The molecule has 0 aliphatic heterocycles. The third-order valence-electron chi connectivity index (χ3n) is 3.86. The maximum absolute atomic E-state index is 12.9. The number of hydrogen-bond donors (Lipinski definition) is 3. The molecule has 0 aromatic heterocycles. The van der Waals surface area contributed by atoms with E-state index in [2.05, 4.69) is 10.0 Å². The van der Waals surface area contributed by atoms with E-state index in [1.165, 1.54) is 38.1 Å². The van der Waals surface area contributed by atoms with Crippen LogP contribution < -0.4 is 15.2 Å². The largest absolute Gasteiger partial charge is 0.326 e. The van der Waals surface area contributed by atoms with Crippen LogP contribution in [0.3, 0.4) is 0 Å². The normalized spacial score (nSPS) is 12.4. The molecule has 0 unspecified atom stereocenters. The first-order valence-corrected chi connectivity index (χ1v) is 11.5. The summed E-state index contributed by atoms with van der Waals surface area (Å²) in [5, 5.41) is 7.36. The fourth-order valence-electron chi connectivity index (χ4n) is 2.07. The van der Waals surface area contributed by atoms with Crippen molar-refractivity contribution in [3.63, 3.8) is 0 Å². The first kappa shape index (κ1) is 23.1. The molecule has 4 N–H and O–H groups in total. The van der Waals surface area contributed by atoms with Gasteiger partial charge in [0.05, 0.1) is 15.3 Å². The zero-order chi connectivity index (χ0) is 22.0. The average Bonchev–Trinajstić information content (AvgIpc) is 2.62. The van der Waals surface area contributed by atoms with Crippen molar-refractivity contribution < 1.29 is 26.0 Å². The molecule has 0 radical (unpaired) electrons. The smallest absolute Gasteiger partial charge is 0.261 e. The van der Waals surface area contributed by atoms with E-state index in [-0.39, 0.29) is 15.6 Å². The summed E-state index contributed by atoms with van der Waals surface area (Å²) < 4.78 is 63.3. The Bertz CT molecular complexity index is 1130. The van der Waals surface area contributed by atoms with Crippen molar-refractivity contribution in [1.82, 2.24) is 0 Å². The van der Waals surface area contributed by atoms with Gasteiger partial charge in [-0.1, -0.05) is 11.6 Å². The Morgan fingerprint density at radius 1 is 1.07 bits per heavy atom. The predicted molar refractivity (Wildman–Crippen MR) is 108 cm³/mol. The van der Waals surface area contributed by atoms with Gasteiger partial charge in [-0.05, 0) is 56.3 Å². The highest BCUT2D eigenvalue weighted by atomic mass is 35.5. The minimum absolute atomic E-state index is 0.153. The first-order valence-electron chi connectivity index (χ1n) is 8.09. The zero-order valence-electron chi connectivity index (χ0n) is 15.4. The Kier molecular flexibility index (Phi) is 6.58. The monoisotopic (exact) mass is 463 g/mol. The Balaban J connectivity index is 2.23. The number of primary sulfonamides is 1. The standard InChI is InChI=1S/C17H19ClFN3O5S2/c1-17(2,10-19)16(23)21-11-3-5-12(6-4-11)22-29(26,27)13-7-8-14(18)15(9-13)28(20,24)25/h3-9,22H,10H2,1-2H3,(H,21,23)(H2,20,24,25). The van der Waals surface area contributed by atoms with Gasteiger partial charge >= 0.3 is 0 Å². The van der Waals surface area contributed by atoms with Crippen molar-refractivity contribution in [3.05, 3.63) is 47.5 Å². The fraction of sp³-hybridized carbons (Fsp3) is 0.235. The van der Waals surface area contributed by atoms with Gasteiger partial charge in [-0.15, -0.1) is 0 Å². The molecule has 2 rings (SSSR count). The number of carbonyl (C=O) groups excluding carboxylic acids is 1.